The summed E-state index contributed by atoms with van der Waals surface area (Å²) in [5.41, 5.74) is 3.51. The lowest BCUT2D eigenvalue weighted by molar-refractivity contribution is 0.0957. The van der Waals surface area contributed by atoms with Crippen LogP contribution in [0.25, 0.3) is 0 Å². The lowest BCUT2D eigenvalue weighted by Gasteiger charge is -2.10. The third kappa shape index (κ3) is 4.26. The molecule has 1 aromatic heterocycles. The first-order valence-corrected chi connectivity index (χ1v) is 7.24. The van der Waals surface area contributed by atoms with Crippen LogP contribution in [0.3, 0.4) is 0 Å². The highest BCUT2D eigenvalue weighted by molar-refractivity contribution is 6.06. The third-order valence-corrected chi connectivity index (χ3v) is 3.30. The molecule has 0 unspecified atom stereocenters. The van der Waals surface area contributed by atoms with E-state index < -0.39 is 0 Å². The summed E-state index contributed by atoms with van der Waals surface area (Å²) < 4.78 is 0. The zero-order valence-electron chi connectivity index (χ0n) is 13.2. The first kappa shape index (κ1) is 16.4. The lowest BCUT2D eigenvalue weighted by atomic mass is 10.1. The second-order valence-electron chi connectivity index (χ2n) is 5.23. The van der Waals surface area contributed by atoms with E-state index in [4.69, 9.17) is 0 Å². The molecule has 2 aromatic rings. The molecule has 1 heterocycles. The Hall–Kier alpha value is -2.95. The number of amides is 2. The topological polar surface area (TPSA) is 71.1 Å². The second-order valence-corrected chi connectivity index (χ2v) is 5.23. The second kappa shape index (κ2) is 7.35. The van der Waals surface area contributed by atoms with Gasteiger partial charge in [0.2, 0.25) is 0 Å². The minimum absolute atomic E-state index is 0.293. The van der Waals surface area contributed by atoms with E-state index in [2.05, 4.69) is 22.2 Å². The highest BCUT2D eigenvalue weighted by atomic mass is 16.2. The average molecular weight is 309 g/mol. The molecule has 0 bridgehead atoms. The van der Waals surface area contributed by atoms with E-state index >= 15 is 0 Å². The standard InChI is InChI=1S/C18H19N3O2/c1-4-7-20-17(22)14-9-15(11-19-10-14)18(23)21-16-6-5-12(2)8-13(16)3/h4-6,8-11H,1,7H2,2-3H3,(H,20,22)(H,21,23). The number of benzene rings is 1. The van der Waals surface area contributed by atoms with Gasteiger partial charge in [-0.15, -0.1) is 6.58 Å². The van der Waals surface area contributed by atoms with Crippen LogP contribution in [0.5, 0.6) is 0 Å². The van der Waals surface area contributed by atoms with Crippen LogP contribution in [-0.4, -0.2) is 23.3 Å². The molecule has 5 heteroatoms. The molecule has 118 valence electrons. The fourth-order valence-corrected chi connectivity index (χ4v) is 2.10. The van der Waals surface area contributed by atoms with Crippen molar-refractivity contribution >= 4 is 17.5 Å². The van der Waals surface area contributed by atoms with Crippen molar-refractivity contribution in [1.82, 2.24) is 10.3 Å². The zero-order chi connectivity index (χ0) is 16.8. The SMILES string of the molecule is C=CCNC(=O)c1cncc(C(=O)Nc2ccc(C)cc2C)c1. The molecule has 0 spiro atoms. The van der Waals surface area contributed by atoms with Crippen LogP contribution >= 0.6 is 0 Å². The van der Waals surface area contributed by atoms with Gasteiger partial charge in [0.15, 0.2) is 0 Å². The van der Waals surface area contributed by atoms with Crippen molar-refractivity contribution in [3.8, 4) is 0 Å². The monoisotopic (exact) mass is 309 g/mol. The number of carbonyl (C=O) groups excluding carboxylic acids is 2. The maximum Gasteiger partial charge on any atom is 0.257 e. The van der Waals surface area contributed by atoms with Crippen molar-refractivity contribution < 1.29 is 9.59 Å². The minimum atomic E-state index is -0.303. The van der Waals surface area contributed by atoms with Gasteiger partial charge in [-0.1, -0.05) is 23.8 Å². The Bertz CT molecular complexity index is 754. The highest BCUT2D eigenvalue weighted by Gasteiger charge is 2.12. The number of carbonyl (C=O) groups is 2. The van der Waals surface area contributed by atoms with Crippen LogP contribution in [0.1, 0.15) is 31.8 Å². The molecule has 0 saturated heterocycles. The number of rotatable bonds is 5. The molecule has 2 N–H and O–H groups in total. The summed E-state index contributed by atoms with van der Waals surface area (Å²) >= 11 is 0. The first-order chi connectivity index (χ1) is 11.0. The number of nitrogens with one attached hydrogen (secondary N) is 2. The Morgan fingerprint density at radius 3 is 2.48 bits per heavy atom. The summed E-state index contributed by atoms with van der Waals surface area (Å²) in [4.78, 5) is 28.2. The fraction of sp³-hybridized carbons (Fsp3) is 0.167. The van der Waals surface area contributed by atoms with Gasteiger partial charge >= 0.3 is 0 Å². The molecule has 0 radical (unpaired) electrons. The Morgan fingerprint density at radius 2 is 1.83 bits per heavy atom. The van der Waals surface area contributed by atoms with Crippen LogP contribution in [0, 0.1) is 13.8 Å². The van der Waals surface area contributed by atoms with Gasteiger partial charge in [0.1, 0.15) is 0 Å². The summed E-state index contributed by atoms with van der Waals surface area (Å²) in [5, 5.41) is 5.49. The van der Waals surface area contributed by atoms with Crippen molar-refractivity contribution in [2.24, 2.45) is 0 Å². The van der Waals surface area contributed by atoms with Crippen LogP contribution in [0.2, 0.25) is 0 Å². The molecule has 0 atom stereocenters. The third-order valence-electron chi connectivity index (χ3n) is 3.30. The van der Waals surface area contributed by atoms with Crippen molar-refractivity contribution in [2.45, 2.75) is 13.8 Å². The number of pyridine rings is 1. The summed E-state index contributed by atoms with van der Waals surface area (Å²) in [7, 11) is 0. The molecule has 5 nitrogen and oxygen atoms in total. The zero-order valence-corrected chi connectivity index (χ0v) is 13.2. The summed E-state index contributed by atoms with van der Waals surface area (Å²) in [6.07, 6.45) is 4.44. The van der Waals surface area contributed by atoms with E-state index in [0.29, 0.717) is 17.7 Å². The molecular formula is C18H19N3O2. The lowest BCUT2D eigenvalue weighted by Crippen LogP contribution is -2.24. The van der Waals surface area contributed by atoms with E-state index in [0.717, 1.165) is 16.8 Å². The molecule has 2 amide bonds. The Kier molecular flexibility index (Phi) is 5.25. The van der Waals surface area contributed by atoms with Gasteiger partial charge in [0, 0.05) is 24.6 Å². The average Bonchev–Trinajstić information content (AvgIpc) is 2.55. The van der Waals surface area contributed by atoms with Crippen LogP contribution in [-0.2, 0) is 0 Å². The van der Waals surface area contributed by atoms with E-state index in [1.807, 2.05) is 32.0 Å². The molecular weight excluding hydrogens is 290 g/mol. The van der Waals surface area contributed by atoms with Gasteiger partial charge in [-0.2, -0.15) is 0 Å². The molecule has 0 saturated carbocycles. The number of aryl methyl sites for hydroxylation is 2. The van der Waals surface area contributed by atoms with Crippen LogP contribution in [0.4, 0.5) is 5.69 Å². The van der Waals surface area contributed by atoms with E-state index in [1.54, 1.807) is 6.08 Å². The van der Waals surface area contributed by atoms with E-state index in [9.17, 15) is 9.59 Å². The van der Waals surface area contributed by atoms with Crippen molar-refractivity contribution in [3.63, 3.8) is 0 Å². The number of hydrogen-bond donors (Lipinski definition) is 2. The minimum Gasteiger partial charge on any atom is -0.349 e. The number of nitrogens with zero attached hydrogens (tertiary/aromatic N) is 1. The van der Waals surface area contributed by atoms with Crippen molar-refractivity contribution in [3.05, 3.63) is 71.6 Å². The Labute approximate surface area is 135 Å². The number of anilines is 1. The smallest absolute Gasteiger partial charge is 0.257 e. The molecule has 0 aliphatic carbocycles. The largest absolute Gasteiger partial charge is 0.349 e. The molecule has 0 fully saturated rings. The maximum atomic E-state index is 12.3. The van der Waals surface area contributed by atoms with Crippen molar-refractivity contribution in [2.75, 3.05) is 11.9 Å². The molecule has 23 heavy (non-hydrogen) atoms. The molecule has 2 rings (SSSR count). The van der Waals surface area contributed by atoms with Crippen LogP contribution in [0.15, 0.2) is 49.3 Å². The van der Waals surface area contributed by atoms with Gasteiger partial charge in [0.25, 0.3) is 11.8 Å². The van der Waals surface area contributed by atoms with Crippen LogP contribution < -0.4 is 10.6 Å². The highest BCUT2D eigenvalue weighted by Crippen LogP contribution is 2.17. The first-order valence-electron chi connectivity index (χ1n) is 7.24. The molecule has 1 aromatic carbocycles. The van der Waals surface area contributed by atoms with E-state index in [1.165, 1.54) is 18.5 Å². The Balaban J connectivity index is 2.16. The van der Waals surface area contributed by atoms with Crippen molar-refractivity contribution in [1.29, 1.82) is 0 Å². The number of hydrogen-bond acceptors (Lipinski definition) is 3. The summed E-state index contributed by atoms with van der Waals surface area (Å²) in [5.74, 6) is -0.596. The predicted octanol–water partition coefficient (Wildman–Crippen LogP) is 2.87. The van der Waals surface area contributed by atoms with Gasteiger partial charge in [0.05, 0.1) is 11.1 Å². The normalized spacial score (nSPS) is 10.0. The fourth-order valence-electron chi connectivity index (χ4n) is 2.10. The van der Waals surface area contributed by atoms with Gasteiger partial charge in [-0.3, -0.25) is 14.6 Å². The number of aromatic nitrogens is 1. The maximum absolute atomic E-state index is 12.3. The van der Waals surface area contributed by atoms with Gasteiger partial charge in [-0.05, 0) is 31.5 Å². The van der Waals surface area contributed by atoms with Gasteiger partial charge in [-0.25, -0.2) is 0 Å². The summed E-state index contributed by atoms with van der Waals surface area (Å²) in [6, 6.07) is 7.30. The van der Waals surface area contributed by atoms with E-state index in [-0.39, 0.29) is 11.8 Å². The predicted molar refractivity (Wildman–Crippen MR) is 90.6 cm³/mol. The molecule has 0 aliphatic rings. The Morgan fingerprint density at radius 1 is 1.13 bits per heavy atom. The van der Waals surface area contributed by atoms with Gasteiger partial charge < -0.3 is 10.6 Å². The summed E-state index contributed by atoms with van der Waals surface area (Å²) in [6.45, 7) is 7.82. The molecule has 0 aliphatic heterocycles. The quantitative estimate of drug-likeness (QED) is 0.834.